The quantitative estimate of drug-likeness (QED) is 0.509. The third-order valence-electron chi connectivity index (χ3n) is 3.04. The average Bonchev–Trinajstić information content (AvgIpc) is 2.60. The first-order chi connectivity index (χ1) is 10.4. The van der Waals surface area contributed by atoms with E-state index in [-0.39, 0.29) is 0 Å². The van der Waals surface area contributed by atoms with Crippen molar-refractivity contribution in [2.24, 2.45) is 0 Å². The highest BCUT2D eigenvalue weighted by atomic mass is 31.1. The molecule has 0 nitrogen and oxygen atoms in total. The number of hydrogen-bond donors (Lipinski definition) is 0. The molecule has 0 saturated carbocycles. The van der Waals surface area contributed by atoms with Crippen molar-refractivity contribution >= 4 is 23.8 Å². The summed E-state index contributed by atoms with van der Waals surface area (Å²) in [5, 5.41) is 4.19. The molecule has 21 heavy (non-hydrogen) atoms. The zero-order valence-corrected chi connectivity index (χ0v) is 12.7. The molecule has 0 bridgehead atoms. The summed E-state index contributed by atoms with van der Waals surface area (Å²) >= 11 is 0. The molecule has 0 saturated heterocycles. The summed E-state index contributed by atoms with van der Waals surface area (Å²) < 4.78 is 0. The van der Waals surface area contributed by atoms with Crippen molar-refractivity contribution in [2.45, 2.75) is 0 Å². The van der Waals surface area contributed by atoms with E-state index in [0.717, 1.165) is 0 Å². The predicted octanol–water partition coefficient (Wildman–Crippen LogP) is 3.69. The first kappa shape index (κ1) is 15.0. The molecule has 102 valence electrons. The third-order valence-corrected chi connectivity index (χ3v) is 5.49. The van der Waals surface area contributed by atoms with Crippen molar-refractivity contribution < 1.29 is 0 Å². The SMILES string of the molecule is C#C.c1ccc(P(c2ccccc2)c2ccccc2)cc1. The fourth-order valence-electron chi connectivity index (χ4n) is 2.18. The van der Waals surface area contributed by atoms with Gasteiger partial charge in [-0.2, -0.15) is 0 Å². The molecule has 0 N–H and O–H groups in total. The summed E-state index contributed by atoms with van der Waals surface area (Å²) in [5.74, 6) is 0. The molecular weight excluding hydrogens is 271 g/mol. The molecule has 0 aromatic heterocycles. The highest BCUT2D eigenvalue weighted by molar-refractivity contribution is 7.79. The van der Waals surface area contributed by atoms with Crippen LogP contribution in [0.4, 0.5) is 0 Å². The second-order valence-corrected chi connectivity index (χ2v) is 6.56. The van der Waals surface area contributed by atoms with E-state index in [0.29, 0.717) is 0 Å². The third kappa shape index (κ3) is 3.82. The summed E-state index contributed by atoms with van der Waals surface area (Å²) in [7, 11) is -0.446. The molecule has 0 heterocycles. The van der Waals surface area contributed by atoms with E-state index in [4.69, 9.17) is 0 Å². The Morgan fingerprint density at radius 1 is 0.429 bits per heavy atom. The summed E-state index contributed by atoms with van der Waals surface area (Å²) in [4.78, 5) is 0. The molecule has 0 radical (unpaired) electrons. The van der Waals surface area contributed by atoms with Gasteiger partial charge in [0, 0.05) is 0 Å². The Labute approximate surface area is 128 Å². The van der Waals surface area contributed by atoms with Gasteiger partial charge < -0.3 is 0 Å². The van der Waals surface area contributed by atoms with Crippen LogP contribution in [-0.4, -0.2) is 0 Å². The lowest BCUT2D eigenvalue weighted by Crippen LogP contribution is -2.20. The Bertz CT molecular complexity index is 563. The van der Waals surface area contributed by atoms with Gasteiger partial charge in [-0.15, -0.1) is 12.8 Å². The second kappa shape index (κ2) is 8.05. The molecule has 0 amide bonds. The lowest BCUT2D eigenvalue weighted by atomic mass is 10.4. The van der Waals surface area contributed by atoms with Crippen LogP contribution in [0.2, 0.25) is 0 Å². The van der Waals surface area contributed by atoms with Crippen molar-refractivity contribution in [3.05, 3.63) is 91.0 Å². The molecule has 3 aromatic rings. The van der Waals surface area contributed by atoms with E-state index in [2.05, 4.69) is 104 Å². The monoisotopic (exact) mass is 288 g/mol. The van der Waals surface area contributed by atoms with Crippen molar-refractivity contribution in [2.75, 3.05) is 0 Å². The molecule has 0 atom stereocenters. The Balaban J connectivity index is 0.000000774. The van der Waals surface area contributed by atoms with E-state index in [1.54, 1.807) is 0 Å². The molecule has 3 rings (SSSR count). The Hall–Kier alpha value is -2.35. The highest BCUT2D eigenvalue weighted by Gasteiger charge is 2.14. The first-order valence-corrected chi connectivity index (χ1v) is 8.08. The standard InChI is InChI=1S/C18H15P.C2H2/c1-4-10-16(11-5-1)19(17-12-6-2-7-13-17)18-14-8-3-9-15-18;1-2/h1-15H;1-2H. The minimum Gasteiger partial charge on any atom is -0.124 e. The van der Waals surface area contributed by atoms with Crippen molar-refractivity contribution in [1.82, 2.24) is 0 Å². The molecule has 0 aliphatic carbocycles. The fourth-order valence-corrected chi connectivity index (χ4v) is 4.48. The van der Waals surface area contributed by atoms with E-state index in [1.807, 2.05) is 0 Å². The summed E-state index contributed by atoms with van der Waals surface area (Å²) in [6, 6.07) is 32.3. The molecule has 3 aromatic carbocycles. The first-order valence-electron chi connectivity index (χ1n) is 6.74. The van der Waals surface area contributed by atoms with Crippen LogP contribution >= 0.6 is 7.92 Å². The predicted molar refractivity (Wildman–Crippen MR) is 95.0 cm³/mol. The zero-order valence-electron chi connectivity index (χ0n) is 11.8. The average molecular weight is 288 g/mol. The molecule has 0 spiro atoms. The topological polar surface area (TPSA) is 0 Å². The molecule has 0 aliphatic heterocycles. The maximum absolute atomic E-state index is 4.00. The lowest BCUT2D eigenvalue weighted by Gasteiger charge is -2.18. The summed E-state index contributed by atoms with van der Waals surface area (Å²) in [6.45, 7) is 0. The van der Waals surface area contributed by atoms with Gasteiger partial charge in [0.15, 0.2) is 0 Å². The molecule has 0 fully saturated rings. The van der Waals surface area contributed by atoms with Crippen LogP contribution in [0.15, 0.2) is 91.0 Å². The molecular formula is C20H17P. The van der Waals surface area contributed by atoms with Gasteiger partial charge >= 0.3 is 0 Å². The van der Waals surface area contributed by atoms with Gasteiger partial charge in [-0.1, -0.05) is 91.0 Å². The Morgan fingerprint density at radius 3 is 0.905 bits per heavy atom. The minimum atomic E-state index is -0.446. The van der Waals surface area contributed by atoms with E-state index in [1.165, 1.54) is 15.9 Å². The Kier molecular flexibility index (Phi) is 5.77. The number of hydrogen-bond acceptors (Lipinski definition) is 0. The van der Waals surface area contributed by atoms with Crippen LogP contribution < -0.4 is 15.9 Å². The van der Waals surface area contributed by atoms with Gasteiger partial charge in [-0.25, -0.2) is 0 Å². The fraction of sp³-hybridized carbons (Fsp3) is 0. The van der Waals surface area contributed by atoms with E-state index in [9.17, 15) is 0 Å². The van der Waals surface area contributed by atoms with Crippen LogP contribution in [-0.2, 0) is 0 Å². The maximum Gasteiger partial charge on any atom is -0.0134 e. The number of rotatable bonds is 3. The summed E-state index contributed by atoms with van der Waals surface area (Å²) in [5.41, 5.74) is 0. The van der Waals surface area contributed by atoms with Gasteiger partial charge in [0.05, 0.1) is 0 Å². The van der Waals surface area contributed by atoms with Crippen molar-refractivity contribution in [1.29, 1.82) is 0 Å². The highest BCUT2D eigenvalue weighted by Crippen LogP contribution is 2.32. The van der Waals surface area contributed by atoms with Crippen molar-refractivity contribution in [3.8, 4) is 12.8 Å². The van der Waals surface area contributed by atoms with Gasteiger partial charge in [0.1, 0.15) is 0 Å². The number of benzene rings is 3. The second-order valence-electron chi connectivity index (χ2n) is 4.34. The Morgan fingerprint density at radius 2 is 0.667 bits per heavy atom. The maximum atomic E-state index is 4.00. The smallest absolute Gasteiger partial charge is 0.0134 e. The van der Waals surface area contributed by atoms with Gasteiger partial charge in [-0.05, 0) is 23.8 Å². The normalized spacial score (nSPS) is 9.67. The lowest BCUT2D eigenvalue weighted by molar-refractivity contribution is 1.74. The largest absolute Gasteiger partial charge is 0.124 e. The van der Waals surface area contributed by atoms with Gasteiger partial charge in [0.25, 0.3) is 0 Å². The van der Waals surface area contributed by atoms with Gasteiger partial charge in [0.2, 0.25) is 0 Å². The van der Waals surface area contributed by atoms with Crippen LogP contribution in [0.25, 0.3) is 0 Å². The zero-order chi connectivity index (χ0) is 14.9. The number of terminal acetylenes is 1. The summed E-state index contributed by atoms with van der Waals surface area (Å²) in [6.07, 6.45) is 8.00. The van der Waals surface area contributed by atoms with Crippen LogP contribution in [0.5, 0.6) is 0 Å². The molecule has 0 unspecified atom stereocenters. The van der Waals surface area contributed by atoms with Crippen molar-refractivity contribution in [3.63, 3.8) is 0 Å². The molecule has 0 aliphatic rings. The van der Waals surface area contributed by atoms with E-state index >= 15 is 0 Å². The van der Waals surface area contributed by atoms with E-state index < -0.39 is 7.92 Å². The van der Waals surface area contributed by atoms with Crippen LogP contribution in [0.1, 0.15) is 0 Å². The van der Waals surface area contributed by atoms with Crippen LogP contribution in [0.3, 0.4) is 0 Å². The molecule has 1 heteroatoms. The van der Waals surface area contributed by atoms with Crippen LogP contribution in [0, 0.1) is 12.8 Å². The van der Waals surface area contributed by atoms with Gasteiger partial charge in [-0.3, -0.25) is 0 Å². The minimum absolute atomic E-state index is 0.446.